The van der Waals surface area contributed by atoms with E-state index in [0.717, 1.165) is 18.6 Å². The number of hydrogen-bond acceptors (Lipinski definition) is 4. The molecular weight excluding hydrogens is 212 g/mol. The Morgan fingerprint density at radius 2 is 2.60 bits per heavy atom. The molecule has 0 aromatic carbocycles. The Balaban J connectivity index is 2.07. The van der Waals surface area contributed by atoms with Gasteiger partial charge in [-0.25, -0.2) is 0 Å². The van der Waals surface area contributed by atoms with Gasteiger partial charge in [0, 0.05) is 0 Å². The van der Waals surface area contributed by atoms with E-state index in [1.165, 1.54) is 6.20 Å². The molecule has 5 nitrogen and oxygen atoms in total. The summed E-state index contributed by atoms with van der Waals surface area (Å²) in [5.41, 5.74) is 6.08. The van der Waals surface area contributed by atoms with Crippen LogP contribution in [0.1, 0.15) is 19.8 Å². The minimum Gasteiger partial charge on any atom is -0.394 e. The number of hydrogen-bond donors (Lipinski definition) is 3. The molecule has 1 saturated heterocycles. The molecule has 1 atom stereocenters. The number of amides is 1. The van der Waals surface area contributed by atoms with Gasteiger partial charge in [0.05, 0.1) is 16.6 Å². The number of aromatic amines is 1. The highest BCUT2D eigenvalue weighted by molar-refractivity contribution is 8.01. The molecule has 1 aromatic heterocycles. The predicted molar refractivity (Wildman–Crippen MR) is 61.7 cm³/mol. The summed E-state index contributed by atoms with van der Waals surface area (Å²) < 4.78 is -0.322. The smallest absolute Gasteiger partial charge is 0.241 e. The molecule has 1 fully saturated rings. The van der Waals surface area contributed by atoms with E-state index in [4.69, 9.17) is 5.73 Å². The van der Waals surface area contributed by atoms with Gasteiger partial charge in [0.1, 0.15) is 0 Å². The number of nitrogen functional groups attached to an aromatic ring is 1. The molecule has 0 radical (unpaired) electrons. The molecule has 1 aliphatic heterocycles. The van der Waals surface area contributed by atoms with E-state index in [9.17, 15) is 4.79 Å². The van der Waals surface area contributed by atoms with Crippen LogP contribution < -0.4 is 11.1 Å². The first-order valence-corrected chi connectivity index (χ1v) is 5.85. The Labute approximate surface area is 92.2 Å². The van der Waals surface area contributed by atoms with Gasteiger partial charge in [-0.3, -0.25) is 9.89 Å². The molecule has 82 valence electrons. The predicted octanol–water partition coefficient (Wildman–Crippen LogP) is 1.22. The number of carbonyl (C=O) groups excluding carboxylic acids is 1. The van der Waals surface area contributed by atoms with E-state index < -0.39 is 0 Å². The third kappa shape index (κ3) is 1.94. The number of rotatable bonds is 2. The number of aromatic nitrogens is 2. The van der Waals surface area contributed by atoms with Crippen LogP contribution in [0.25, 0.3) is 0 Å². The van der Waals surface area contributed by atoms with Crippen LogP contribution in [0.5, 0.6) is 0 Å². The van der Waals surface area contributed by atoms with Gasteiger partial charge in [0.2, 0.25) is 5.91 Å². The monoisotopic (exact) mass is 226 g/mol. The van der Waals surface area contributed by atoms with Gasteiger partial charge >= 0.3 is 0 Å². The van der Waals surface area contributed by atoms with Crippen LogP contribution in [-0.4, -0.2) is 26.6 Å². The highest BCUT2D eigenvalue weighted by Gasteiger charge is 2.37. The van der Waals surface area contributed by atoms with Crippen LogP contribution in [0.3, 0.4) is 0 Å². The fourth-order valence-corrected chi connectivity index (χ4v) is 2.81. The van der Waals surface area contributed by atoms with Crippen LogP contribution in [0.4, 0.5) is 11.5 Å². The van der Waals surface area contributed by atoms with E-state index in [2.05, 4.69) is 15.5 Å². The van der Waals surface area contributed by atoms with Gasteiger partial charge in [0.25, 0.3) is 0 Å². The third-order valence-corrected chi connectivity index (χ3v) is 4.13. The minimum absolute atomic E-state index is 0.000880. The SMILES string of the molecule is CC1(C(=O)Nc2[nH]ncc2N)CCCS1. The van der Waals surface area contributed by atoms with Crippen molar-refractivity contribution in [3.05, 3.63) is 6.20 Å². The average Bonchev–Trinajstić information content (AvgIpc) is 2.78. The third-order valence-electron chi connectivity index (χ3n) is 2.61. The lowest BCUT2D eigenvalue weighted by Gasteiger charge is -2.20. The first-order chi connectivity index (χ1) is 7.12. The van der Waals surface area contributed by atoms with Crippen LogP contribution in [0.15, 0.2) is 6.20 Å². The quantitative estimate of drug-likeness (QED) is 0.708. The lowest BCUT2D eigenvalue weighted by Crippen LogP contribution is -2.35. The van der Waals surface area contributed by atoms with Crippen LogP contribution in [0.2, 0.25) is 0 Å². The topological polar surface area (TPSA) is 83.8 Å². The lowest BCUT2D eigenvalue weighted by molar-refractivity contribution is -0.118. The van der Waals surface area contributed by atoms with Crippen molar-refractivity contribution in [2.24, 2.45) is 0 Å². The molecule has 0 saturated carbocycles. The van der Waals surface area contributed by atoms with Gasteiger partial charge in [0.15, 0.2) is 5.82 Å². The number of nitrogens with one attached hydrogen (secondary N) is 2. The molecule has 1 amide bonds. The molecule has 15 heavy (non-hydrogen) atoms. The molecule has 2 heterocycles. The number of nitrogens with zero attached hydrogens (tertiary/aromatic N) is 1. The normalized spacial score (nSPS) is 25.4. The van der Waals surface area contributed by atoms with Gasteiger partial charge < -0.3 is 11.1 Å². The number of H-pyrrole nitrogens is 1. The molecule has 2 rings (SSSR count). The molecule has 1 aromatic rings. The van der Waals surface area contributed by atoms with Gasteiger partial charge in [-0.1, -0.05) is 0 Å². The van der Waals surface area contributed by atoms with Crippen LogP contribution in [-0.2, 0) is 4.79 Å². The highest BCUT2D eigenvalue weighted by Crippen LogP contribution is 2.38. The fourth-order valence-electron chi connectivity index (χ4n) is 1.60. The molecule has 0 aliphatic carbocycles. The van der Waals surface area contributed by atoms with E-state index in [0.29, 0.717) is 11.5 Å². The van der Waals surface area contributed by atoms with Crippen molar-refractivity contribution in [1.82, 2.24) is 10.2 Å². The molecule has 0 spiro atoms. The Bertz CT molecular complexity index is 370. The minimum atomic E-state index is -0.322. The Morgan fingerprint density at radius 1 is 1.80 bits per heavy atom. The van der Waals surface area contributed by atoms with E-state index in [1.807, 2.05) is 6.92 Å². The van der Waals surface area contributed by atoms with Crippen molar-refractivity contribution >= 4 is 29.2 Å². The maximum absolute atomic E-state index is 12.0. The zero-order chi connectivity index (χ0) is 10.9. The number of thioether (sulfide) groups is 1. The maximum Gasteiger partial charge on any atom is 0.241 e. The molecular formula is C9H14N4OS. The lowest BCUT2D eigenvalue weighted by atomic mass is 10.1. The van der Waals surface area contributed by atoms with E-state index >= 15 is 0 Å². The second-order valence-corrected chi connectivity index (χ2v) is 5.44. The van der Waals surface area contributed by atoms with Gasteiger partial charge in [-0.05, 0) is 25.5 Å². The second kappa shape index (κ2) is 3.77. The van der Waals surface area contributed by atoms with Crippen molar-refractivity contribution in [2.75, 3.05) is 16.8 Å². The summed E-state index contributed by atoms with van der Waals surface area (Å²) in [5, 5.41) is 9.18. The Kier molecular flexibility index (Phi) is 2.60. The number of nitrogens with two attached hydrogens (primary N) is 1. The average molecular weight is 226 g/mol. The van der Waals surface area contributed by atoms with Crippen molar-refractivity contribution in [2.45, 2.75) is 24.5 Å². The Morgan fingerprint density at radius 3 is 3.13 bits per heavy atom. The summed E-state index contributed by atoms with van der Waals surface area (Å²) >= 11 is 1.69. The van der Waals surface area contributed by atoms with E-state index in [1.54, 1.807) is 11.8 Å². The summed E-state index contributed by atoms with van der Waals surface area (Å²) in [7, 11) is 0. The van der Waals surface area contributed by atoms with Crippen molar-refractivity contribution < 1.29 is 4.79 Å². The summed E-state index contributed by atoms with van der Waals surface area (Å²) in [6, 6.07) is 0. The summed E-state index contributed by atoms with van der Waals surface area (Å²) in [6.07, 6.45) is 3.49. The van der Waals surface area contributed by atoms with Gasteiger partial charge in [-0.2, -0.15) is 5.10 Å². The van der Waals surface area contributed by atoms with Crippen molar-refractivity contribution in [3.63, 3.8) is 0 Å². The molecule has 4 N–H and O–H groups in total. The Hall–Kier alpha value is -1.17. The molecule has 1 unspecified atom stereocenters. The summed E-state index contributed by atoms with van der Waals surface area (Å²) in [6.45, 7) is 1.96. The maximum atomic E-state index is 12.0. The molecule has 1 aliphatic rings. The largest absolute Gasteiger partial charge is 0.394 e. The standard InChI is InChI=1S/C9H14N4OS/c1-9(3-2-4-15-9)8(14)12-7-6(10)5-11-13-7/h5H,2-4,10H2,1H3,(H2,11,12,13,14). The summed E-state index contributed by atoms with van der Waals surface area (Å²) in [4.78, 5) is 12.0. The second-order valence-electron chi connectivity index (χ2n) is 3.84. The molecule has 6 heteroatoms. The number of anilines is 2. The van der Waals surface area contributed by atoms with Crippen molar-refractivity contribution in [3.8, 4) is 0 Å². The van der Waals surface area contributed by atoms with E-state index in [-0.39, 0.29) is 10.7 Å². The van der Waals surface area contributed by atoms with Crippen LogP contribution >= 0.6 is 11.8 Å². The highest BCUT2D eigenvalue weighted by atomic mass is 32.2. The van der Waals surface area contributed by atoms with Crippen LogP contribution in [0, 0.1) is 0 Å². The first kappa shape index (κ1) is 10.4. The van der Waals surface area contributed by atoms with Gasteiger partial charge in [-0.15, -0.1) is 11.8 Å². The fraction of sp³-hybridized carbons (Fsp3) is 0.556. The zero-order valence-corrected chi connectivity index (χ0v) is 9.36. The zero-order valence-electron chi connectivity index (χ0n) is 8.54. The first-order valence-electron chi connectivity index (χ1n) is 4.86. The number of carbonyl (C=O) groups is 1. The molecule has 0 bridgehead atoms. The van der Waals surface area contributed by atoms with Crippen molar-refractivity contribution in [1.29, 1.82) is 0 Å². The summed E-state index contributed by atoms with van der Waals surface area (Å²) in [5.74, 6) is 1.54.